The van der Waals surface area contributed by atoms with Crippen LogP contribution in [0.25, 0.3) is 11.2 Å². The lowest BCUT2D eigenvalue weighted by Crippen LogP contribution is -2.25. The normalized spacial score (nSPS) is 16.7. The number of nitrogens with zero attached hydrogens (tertiary/aromatic N) is 5. The molecule has 6 heteroatoms. The molecule has 0 amide bonds. The third-order valence-electron chi connectivity index (χ3n) is 3.97. The van der Waals surface area contributed by atoms with Crippen LogP contribution < -0.4 is 5.73 Å². The highest BCUT2D eigenvalue weighted by Crippen LogP contribution is 2.21. The molecule has 0 spiro atoms. The Morgan fingerprint density at radius 2 is 1.95 bits per heavy atom. The highest BCUT2D eigenvalue weighted by molar-refractivity contribution is 5.77. The Bertz CT molecular complexity index is 575. The van der Waals surface area contributed by atoms with Crippen LogP contribution in [0.2, 0.25) is 0 Å². The number of aryl methyl sites for hydroxylation is 2. The molecule has 1 saturated heterocycles. The van der Waals surface area contributed by atoms with Crippen LogP contribution in [-0.2, 0) is 13.1 Å². The Labute approximate surface area is 113 Å². The van der Waals surface area contributed by atoms with Crippen LogP contribution in [0.1, 0.15) is 25.5 Å². The van der Waals surface area contributed by atoms with Crippen molar-refractivity contribution in [3.05, 3.63) is 5.69 Å². The fourth-order valence-corrected chi connectivity index (χ4v) is 2.93. The molecular formula is C13H22N6. The van der Waals surface area contributed by atoms with Crippen molar-refractivity contribution in [2.24, 2.45) is 0 Å². The lowest BCUT2D eigenvalue weighted by molar-refractivity contribution is 0.324. The third kappa shape index (κ3) is 2.10. The van der Waals surface area contributed by atoms with Gasteiger partial charge in [-0.05, 0) is 39.8 Å². The number of likely N-dealkylation sites (tertiary alicyclic amines) is 1. The summed E-state index contributed by atoms with van der Waals surface area (Å²) in [6.07, 6.45) is 2.64. The second-order valence-electron chi connectivity index (χ2n) is 5.24. The number of hydrogen-bond donors (Lipinski definition) is 1. The molecule has 0 aliphatic carbocycles. The fraction of sp³-hybridized carbons (Fsp3) is 0.692. The van der Waals surface area contributed by atoms with E-state index in [4.69, 9.17) is 5.73 Å². The van der Waals surface area contributed by atoms with E-state index in [1.807, 2.05) is 11.6 Å². The number of nitrogen functional groups attached to an aromatic ring is 1. The number of rotatable bonds is 4. The Hall–Kier alpha value is -1.56. The van der Waals surface area contributed by atoms with Gasteiger partial charge in [-0.2, -0.15) is 5.10 Å². The van der Waals surface area contributed by atoms with Gasteiger partial charge in [0.25, 0.3) is 0 Å². The van der Waals surface area contributed by atoms with Crippen LogP contribution in [0.4, 0.5) is 5.95 Å². The number of aromatic nitrogens is 4. The van der Waals surface area contributed by atoms with E-state index in [2.05, 4.69) is 26.5 Å². The fourth-order valence-electron chi connectivity index (χ4n) is 2.93. The second kappa shape index (κ2) is 4.85. The van der Waals surface area contributed by atoms with E-state index in [1.165, 1.54) is 25.9 Å². The van der Waals surface area contributed by atoms with E-state index >= 15 is 0 Å². The molecule has 0 bridgehead atoms. The van der Waals surface area contributed by atoms with Crippen molar-refractivity contribution in [1.29, 1.82) is 0 Å². The van der Waals surface area contributed by atoms with Crippen LogP contribution in [-0.4, -0.2) is 43.9 Å². The highest BCUT2D eigenvalue weighted by atomic mass is 15.4. The molecule has 1 aliphatic rings. The van der Waals surface area contributed by atoms with Crippen molar-refractivity contribution in [3.8, 4) is 0 Å². The maximum Gasteiger partial charge on any atom is 0.202 e. The van der Waals surface area contributed by atoms with Crippen LogP contribution in [0.3, 0.4) is 0 Å². The zero-order valence-corrected chi connectivity index (χ0v) is 11.8. The zero-order valence-electron chi connectivity index (χ0n) is 11.8. The summed E-state index contributed by atoms with van der Waals surface area (Å²) in [7, 11) is 0. The van der Waals surface area contributed by atoms with Gasteiger partial charge in [-0.25, -0.2) is 9.67 Å². The van der Waals surface area contributed by atoms with Crippen molar-refractivity contribution in [2.45, 2.75) is 39.8 Å². The molecule has 3 heterocycles. The summed E-state index contributed by atoms with van der Waals surface area (Å²) in [4.78, 5) is 6.96. The van der Waals surface area contributed by atoms with Gasteiger partial charge < -0.3 is 10.6 Å². The Balaban J connectivity index is 1.90. The predicted molar refractivity (Wildman–Crippen MR) is 76.0 cm³/mol. The minimum atomic E-state index is 0.608. The third-order valence-corrected chi connectivity index (χ3v) is 3.97. The average Bonchev–Trinajstić information content (AvgIpc) is 3.06. The van der Waals surface area contributed by atoms with E-state index in [1.54, 1.807) is 0 Å². The summed E-state index contributed by atoms with van der Waals surface area (Å²) >= 11 is 0. The van der Waals surface area contributed by atoms with Crippen molar-refractivity contribution < 1.29 is 0 Å². The van der Waals surface area contributed by atoms with Crippen LogP contribution in [0.15, 0.2) is 0 Å². The molecule has 0 aromatic carbocycles. The van der Waals surface area contributed by atoms with Gasteiger partial charge in [0.15, 0.2) is 5.65 Å². The molecule has 0 unspecified atom stereocenters. The molecule has 1 aliphatic heterocycles. The van der Waals surface area contributed by atoms with E-state index in [0.717, 1.165) is 36.5 Å². The second-order valence-corrected chi connectivity index (χ2v) is 5.24. The first-order valence-electron chi connectivity index (χ1n) is 7.12. The lowest BCUT2D eigenvalue weighted by atomic mass is 10.4. The molecule has 6 nitrogen and oxygen atoms in total. The van der Waals surface area contributed by atoms with Crippen LogP contribution in [0.5, 0.6) is 0 Å². The Kier molecular flexibility index (Phi) is 3.18. The summed E-state index contributed by atoms with van der Waals surface area (Å²) in [5, 5.41) is 4.51. The predicted octanol–water partition coefficient (Wildman–Crippen LogP) is 1.24. The highest BCUT2D eigenvalue weighted by Gasteiger charge is 2.18. The Morgan fingerprint density at radius 1 is 1.21 bits per heavy atom. The standard InChI is InChI=1S/C13H22N6/c1-3-19-12-11(10(2)16-19)15-13(14)18(12)9-8-17-6-4-5-7-17/h3-9H2,1-2H3,(H2,14,15). The lowest BCUT2D eigenvalue weighted by Gasteiger charge is -2.15. The molecule has 0 radical (unpaired) electrons. The molecule has 3 rings (SSSR count). The average molecular weight is 262 g/mol. The van der Waals surface area contributed by atoms with E-state index < -0.39 is 0 Å². The quantitative estimate of drug-likeness (QED) is 0.900. The molecule has 2 N–H and O–H groups in total. The Morgan fingerprint density at radius 3 is 2.63 bits per heavy atom. The van der Waals surface area contributed by atoms with Gasteiger partial charge >= 0.3 is 0 Å². The van der Waals surface area contributed by atoms with Gasteiger partial charge in [0, 0.05) is 19.6 Å². The van der Waals surface area contributed by atoms with Crippen LogP contribution >= 0.6 is 0 Å². The van der Waals surface area contributed by atoms with Gasteiger partial charge in [-0.15, -0.1) is 0 Å². The summed E-state index contributed by atoms with van der Waals surface area (Å²) < 4.78 is 4.11. The SMILES string of the molecule is CCn1nc(C)c2nc(N)n(CCN3CCCC3)c21. The van der Waals surface area contributed by atoms with Crippen molar-refractivity contribution >= 4 is 17.1 Å². The largest absolute Gasteiger partial charge is 0.369 e. The van der Waals surface area contributed by atoms with Crippen molar-refractivity contribution in [1.82, 2.24) is 24.2 Å². The van der Waals surface area contributed by atoms with Gasteiger partial charge in [0.1, 0.15) is 5.52 Å². The van der Waals surface area contributed by atoms with E-state index in [9.17, 15) is 0 Å². The minimum Gasteiger partial charge on any atom is -0.369 e. The monoisotopic (exact) mass is 262 g/mol. The van der Waals surface area contributed by atoms with E-state index in [-0.39, 0.29) is 0 Å². The first kappa shape index (κ1) is 12.5. The summed E-state index contributed by atoms with van der Waals surface area (Å²) in [6.45, 7) is 9.30. The van der Waals surface area contributed by atoms with Gasteiger partial charge in [0.2, 0.25) is 5.95 Å². The number of anilines is 1. The molecule has 2 aromatic rings. The van der Waals surface area contributed by atoms with Gasteiger partial charge in [0.05, 0.1) is 5.69 Å². The minimum absolute atomic E-state index is 0.608. The zero-order chi connectivity index (χ0) is 13.4. The number of nitrogens with two attached hydrogens (primary N) is 1. The maximum absolute atomic E-state index is 6.07. The molecule has 0 atom stereocenters. The smallest absolute Gasteiger partial charge is 0.202 e. The number of hydrogen-bond acceptors (Lipinski definition) is 4. The number of fused-ring (bicyclic) bond motifs is 1. The first-order chi connectivity index (χ1) is 9.20. The summed E-state index contributed by atoms with van der Waals surface area (Å²) in [5.41, 5.74) is 9.04. The molecule has 19 heavy (non-hydrogen) atoms. The molecule has 0 saturated carbocycles. The molecule has 104 valence electrons. The topological polar surface area (TPSA) is 64.9 Å². The van der Waals surface area contributed by atoms with Crippen molar-refractivity contribution in [2.75, 3.05) is 25.4 Å². The molecule has 2 aromatic heterocycles. The molecule has 1 fully saturated rings. The van der Waals surface area contributed by atoms with Gasteiger partial charge in [-0.3, -0.25) is 4.57 Å². The number of imidazole rings is 1. The summed E-state index contributed by atoms with van der Waals surface area (Å²) in [6, 6.07) is 0. The van der Waals surface area contributed by atoms with Crippen molar-refractivity contribution in [3.63, 3.8) is 0 Å². The maximum atomic E-state index is 6.07. The summed E-state index contributed by atoms with van der Waals surface area (Å²) in [5.74, 6) is 0.608. The van der Waals surface area contributed by atoms with E-state index in [0.29, 0.717) is 5.95 Å². The molecular weight excluding hydrogens is 240 g/mol. The van der Waals surface area contributed by atoms with Crippen LogP contribution in [0, 0.1) is 6.92 Å². The van der Waals surface area contributed by atoms with Gasteiger partial charge in [-0.1, -0.05) is 0 Å². The first-order valence-corrected chi connectivity index (χ1v) is 7.12.